The highest BCUT2D eigenvalue weighted by atomic mass is 16.5. The van der Waals surface area contributed by atoms with Crippen molar-refractivity contribution in [1.29, 1.82) is 0 Å². The molecule has 2 aliphatic rings. The molecule has 0 aromatic carbocycles. The van der Waals surface area contributed by atoms with Gasteiger partial charge in [-0.3, -0.25) is 14.4 Å². The zero-order chi connectivity index (χ0) is 15.2. The summed E-state index contributed by atoms with van der Waals surface area (Å²) in [7, 11) is 0. The number of nitrogens with one attached hydrogen (secondary N) is 1. The van der Waals surface area contributed by atoms with Gasteiger partial charge in [-0.1, -0.05) is 0 Å². The summed E-state index contributed by atoms with van der Waals surface area (Å²) in [6.45, 7) is 2.65. The van der Waals surface area contributed by atoms with E-state index in [2.05, 4.69) is 5.32 Å². The summed E-state index contributed by atoms with van der Waals surface area (Å²) < 4.78 is 5.18. The largest absolute Gasteiger partial charge is 0.481 e. The Morgan fingerprint density at radius 1 is 1.14 bits per heavy atom. The molecule has 2 rings (SSSR count). The Balaban J connectivity index is 1.65. The van der Waals surface area contributed by atoms with E-state index in [4.69, 9.17) is 9.84 Å². The quantitative estimate of drug-likeness (QED) is 0.736. The van der Waals surface area contributed by atoms with Crippen LogP contribution in [0.1, 0.15) is 25.7 Å². The molecule has 7 heteroatoms. The van der Waals surface area contributed by atoms with E-state index in [1.54, 1.807) is 4.90 Å². The van der Waals surface area contributed by atoms with Crippen molar-refractivity contribution < 1.29 is 24.2 Å². The third-order valence-electron chi connectivity index (χ3n) is 4.15. The Hall–Kier alpha value is -1.63. The highest BCUT2D eigenvalue weighted by Crippen LogP contribution is 2.31. The van der Waals surface area contributed by atoms with Gasteiger partial charge in [-0.2, -0.15) is 0 Å². The molecule has 1 aliphatic heterocycles. The van der Waals surface area contributed by atoms with Crippen molar-refractivity contribution in [1.82, 2.24) is 10.2 Å². The number of hydrogen-bond acceptors (Lipinski definition) is 4. The zero-order valence-electron chi connectivity index (χ0n) is 12.0. The van der Waals surface area contributed by atoms with Crippen LogP contribution in [-0.4, -0.2) is 60.6 Å². The van der Waals surface area contributed by atoms with Gasteiger partial charge in [0.25, 0.3) is 0 Å². The number of ether oxygens (including phenoxy) is 1. The first-order valence-electron chi connectivity index (χ1n) is 7.44. The lowest BCUT2D eigenvalue weighted by atomic mass is 10.0. The molecular formula is C14H22N2O5. The molecule has 7 nitrogen and oxygen atoms in total. The predicted molar refractivity (Wildman–Crippen MR) is 73.5 cm³/mol. The molecule has 0 radical (unpaired) electrons. The Bertz CT molecular complexity index is 406. The number of carbonyl (C=O) groups is 3. The van der Waals surface area contributed by atoms with Gasteiger partial charge < -0.3 is 20.1 Å². The number of hydrogen-bond donors (Lipinski definition) is 2. The van der Waals surface area contributed by atoms with Gasteiger partial charge in [0.15, 0.2) is 0 Å². The van der Waals surface area contributed by atoms with Crippen molar-refractivity contribution in [2.45, 2.75) is 25.7 Å². The van der Waals surface area contributed by atoms with E-state index in [0.717, 1.165) is 0 Å². The number of carboxylic acids is 1. The topological polar surface area (TPSA) is 95.9 Å². The summed E-state index contributed by atoms with van der Waals surface area (Å²) >= 11 is 0. The fourth-order valence-electron chi connectivity index (χ4n) is 2.85. The van der Waals surface area contributed by atoms with Gasteiger partial charge in [-0.05, 0) is 19.3 Å². The SMILES string of the molecule is O=C(O)[C@H]1CC[C@@H](C(=O)NCCC(=O)N2CCOCC2)C1. The van der Waals surface area contributed by atoms with Crippen molar-refractivity contribution in [3.05, 3.63) is 0 Å². The molecule has 2 amide bonds. The standard InChI is InChI=1S/C14H22N2O5/c17-12(16-5-7-21-8-6-16)3-4-15-13(18)10-1-2-11(9-10)14(19)20/h10-11H,1-9H2,(H,15,18)(H,19,20)/t10-,11+/m1/s1. The molecule has 0 spiro atoms. The third kappa shape index (κ3) is 4.42. The summed E-state index contributed by atoms with van der Waals surface area (Å²) in [6.07, 6.45) is 1.85. The molecular weight excluding hydrogens is 276 g/mol. The maximum atomic E-state index is 11.9. The minimum Gasteiger partial charge on any atom is -0.481 e. The lowest BCUT2D eigenvalue weighted by Crippen LogP contribution is -2.42. The second-order valence-electron chi connectivity index (χ2n) is 5.58. The summed E-state index contributed by atoms with van der Waals surface area (Å²) in [5, 5.41) is 11.7. The van der Waals surface area contributed by atoms with Gasteiger partial charge in [0, 0.05) is 32.0 Å². The van der Waals surface area contributed by atoms with Crippen molar-refractivity contribution in [3.8, 4) is 0 Å². The van der Waals surface area contributed by atoms with Crippen LogP contribution in [0, 0.1) is 11.8 Å². The molecule has 1 aliphatic carbocycles. The number of carboxylic acid groups (broad SMARTS) is 1. The molecule has 0 unspecified atom stereocenters. The van der Waals surface area contributed by atoms with Gasteiger partial charge in [0.2, 0.25) is 11.8 Å². The molecule has 0 aromatic heterocycles. The van der Waals surface area contributed by atoms with Crippen LogP contribution in [0.25, 0.3) is 0 Å². The van der Waals surface area contributed by atoms with E-state index in [1.807, 2.05) is 0 Å². The van der Waals surface area contributed by atoms with Crippen LogP contribution in [0.2, 0.25) is 0 Å². The predicted octanol–water partition coefficient (Wildman–Crippen LogP) is -0.148. The fraction of sp³-hybridized carbons (Fsp3) is 0.786. The van der Waals surface area contributed by atoms with Crippen molar-refractivity contribution in [3.63, 3.8) is 0 Å². The summed E-state index contributed by atoms with van der Waals surface area (Å²) in [5.41, 5.74) is 0. The van der Waals surface area contributed by atoms with Crippen LogP contribution in [0.3, 0.4) is 0 Å². The van der Waals surface area contributed by atoms with E-state index < -0.39 is 11.9 Å². The molecule has 0 bridgehead atoms. The monoisotopic (exact) mass is 298 g/mol. The second kappa shape index (κ2) is 7.40. The Morgan fingerprint density at radius 2 is 1.81 bits per heavy atom. The lowest BCUT2D eigenvalue weighted by Gasteiger charge is -2.26. The molecule has 2 atom stereocenters. The molecule has 1 saturated heterocycles. The van der Waals surface area contributed by atoms with Crippen LogP contribution in [0.4, 0.5) is 0 Å². The third-order valence-corrected chi connectivity index (χ3v) is 4.15. The average molecular weight is 298 g/mol. The van der Waals surface area contributed by atoms with Crippen LogP contribution >= 0.6 is 0 Å². The average Bonchev–Trinajstić information content (AvgIpc) is 2.98. The molecule has 118 valence electrons. The fourth-order valence-corrected chi connectivity index (χ4v) is 2.85. The van der Waals surface area contributed by atoms with E-state index in [-0.39, 0.29) is 24.2 Å². The van der Waals surface area contributed by atoms with E-state index in [1.165, 1.54) is 0 Å². The summed E-state index contributed by atoms with van der Waals surface area (Å²) in [4.78, 5) is 36.4. The number of morpholine rings is 1. The van der Waals surface area contributed by atoms with Crippen LogP contribution in [0.15, 0.2) is 0 Å². The smallest absolute Gasteiger partial charge is 0.306 e. The first-order valence-corrected chi connectivity index (χ1v) is 7.44. The van der Waals surface area contributed by atoms with E-state index >= 15 is 0 Å². The Morgan fingerprint density at radius 3 is 2.43 bits per heavy atom. The molecule has 2 fully saturated rings. The van der Waals surface area contributed by atoms with Crippen LogP contribution in [-0.2, 0) is 19.1 Å². The molecule has 1 saturated carbocycles. The highest BCUT2D eigenvalue weighted by molar-refractivity contribution is 5.82. The Labute approximate surface area is 123 Å². The van der Waals surface area contributed by atoms with Crippen molar-refractivity contribution in [2.24, 2.45) is 11.8 Å². The minimum atomic E-state index is -0.826. The Kier molecular flexibility index (Phi) is 5.55. The highest BCUT2D eigenvalue weighted by Gasteiger charge is 2.33. The summed E-state index contributed by atoms with van der Waals surface area (Å²) in [5.74, 6) is -1.57. The van der Waals surface area contributed by atoms with Gasteiger partial charge >= 0.3 is 5.97 Å². The van der Waals surface area contributed by atoms with Crippen molar-refractivity contribution >= 4 is 17.8 Å². The first kappa shape index (κ1) is 15.8. The van der Waals surface area contributed by atoms with Crippen molar-refractivity contribution in [2.75, 3.05) is 32.8 Å². The number of aliphatic carboxylic acids is 1. The molecule has 0 aromatic rings. The molecule has 2 N–H and O–H groups in total. The number of nitrogens with zero attached hydrogens (tertiary/aromatic N) is 1. The molecule has 1 heterocycles. The zero-order valence-corrected chi connectivity index (χ0v) is 12.0. The maximum absolute atomic E-state index is 11.9. The van der Waals surface area contributed by atoms with Crippen LogP contribution < -0.4 is 5.32 Å². The second-order valence-corrected chi connectivity index (χ2v) is 5.58. The van der Waals surface area contributed by atoms with Gasteiger partial charge in [0.05, 0.1) is 19.1 Å². The molecule has 21 heavy (non-hydrogen) atoms. The number of amides is 2. The minimum absolute atomic E-state index is 0.0217. The van der Waals surface area contributed by atoms with E-state index in [9.17, 15) is 14.4 Å². The van der Waals surface area contributed by atoms with E-state index in [0.29, 0.717) is 52.1 Å². The first-order chi connectivity index (χ1) is 10.1. The van der Waals surface area contributed by atoms with Gasteiger partial charge in [-0.25, -0.2) is 0 Å². The number of rotatable bonds is 5. The van der Waals surface area contributed by atoms with Crippen LogP contribution in [0.5, 0.6) is 0 Å². The number of carbonyl (C=O) groups excluding carboxylic acids is 2. The maximum Gasteiger partial charge on any atom is 0.306 e. The van der Waals surface area contributed by atoms with Gasteiger partial charge in [0.1, 0.15) is 0 Å². The normalized spacial score (nSPS) is 25.6. The summed E-state index contributed by atoms with van der Waals surface area (Å²) in [6, 6.07) is 0. The van der Waals surface area contributed by atoms with Gasteiger partial charge in [-0.15, -0.1) is 0 Å². The lowest BCUT2D eigenvalue weighted by molar-refractivity contribution is -0.141.